The Morgan fingerprint density at radius 3 is 2.28 bits per heavy atom. The Hall–Kier alpha value is -3.23. The van der Waals surface area contributed by atoms with Gasteiger partial charge < -0.3 is 14.5 Å². The molecule has 1 aromatic carbocycles. The van der Waals surface area contributed by atoms with E-state index in [-0.39, 0.29) is 11.6 Å². The molecule has 9 nitrogen and oxygen atoms in total. The quantitative estimate of drug-likeness (QED) is 0.610. The van der Waals surface area contributed by atoms with Gasteiger partial charge in [-0.15, -0.1) is 10.2 Å². The number of nitrogens with zero attached hydrogens (tertiary/aromatic N) is 5. The molecule has 0 saturated carbocycles. The zero-order valence-electron chi connectivity index (χ0n) is 13.7. The average molecular weight is 343 g/mol. The molecule has 3 rings (SSSR count). The van der Waals surface area contributed by atoms with Crippen molar-refractivity contribution in [2.75, 3.05) is 38.2 Å². The average Bonchev–Trinajstić information content (AvgIpc) is 2.67. The third kappa shape index (κ3) is 3.65. The van der Waals surface area contributed by atoms with E-state index < -0.39 is 4.92 Å². The number of hydrogen-bond acceptors (Lipinski definition) is 7. The number of methoxy groups -OCH3 is 1. The van der Waals surface area contributed by atoms with Crippen LogP contribution in [0.25, 0.3) is 0 Å². The number of ether oxygens (including phenoxy) is 1. The van der Waals surface area contributed by atoms with Gasteiger partial charge in [0.15, 0.2) is 5.82 Å². The minimum atomic E-state index is -0.483. The molecule has 0 aliphatic carbocycles. The zero-order valence-corrected chi connectivity index (χ0v) is 13.7. The molecular formula is C16H17N5O4. The highest BCUT2D eigenvalue weighted by atomic mass is 16.6. The molecule has 2 aromatic rings. The van der Waals surface area contributed by atoms with Crippen molar-refractivity contribution in [1.82, 2.24) is 15.1 Å². The SMILES string of the molecule is COc1ccc(N2CCN(C(=O)c3ccc([N+](=O)[O-])cc3)CC2)nn1. The number of carbonyl (C=O) groups is 1. The van der Waals surface area contributed by atoms with Gasteiger partial charge in [0.05, 0.1) is 12.0 Å². The fraction of sp³-hybridized carbons (Fsp3) is 0.312. The van der Waals surface area contributed by atoms with Gasteiger partial charge in [0.1, 0.15) is 0 Å². The lowest BCUT2D eigenvalue weighted by Gasteiger charge is -2.35. The fourth-order valence-electron chi connectivity index (χ4n) is 2.64. The molecule has 0 atom stereocenters. The van der Waals surface area contributed by atoms with Crippen LogP contribution in [-0.2, 0) is 0 Å². The third-order valence-corrected chi connectivity index (χ3v) is 4.05. The molecular weight excluding hydrogens is 326 g/mol. The van der Waals surface area contributed by atoms with E-state index in [9.17, 15) is 14.9 Å². The molecule has 1 amide bonds. The normalized spacial score (nSPS) is 14.3. The van der Waals surface area contributed by atoms with Crippen LogP contribution < -0.4 is 9.64 Å². The number of hydrogen-bond donors (Lipinski definition) is 0. The van der Waals surface area contributed by atoms with Crippen LogP contribution in [0, 0.1) is 10.1 Å². The number of nitro groups is 1. The summed E-state index contributed by atoms with van der Waals surface area (Å²) in [6.45, 7) is 2.37. The minimum absolute atomic E-state index is 0.0283. The number of piperazine rings is 1. The highest BCUT2D eigenvalue weighted by Crippen LogP contribution is 2.17. The minimum Gasteiger partial charge on any atom is -0.480 e. The van der Waals surface area contributed by atoms with E-state index in [1.54, 1.807) is 11.0 Å². The number of anilines is 1. The predicted molar refractivity (Wildman–Crippen MR) is 89.8 cm³/mol. The third-order valence-electron chi connectivity index (χ3n) is 4.05. The Morgan fingerprint density at radius 1 is 1.08 bits per heavy atom. The molecule has 1 aromatic heterocycles. The van der Waals surface area contributed by atoms with Crippen molar-refractivity contribution in [3.63, 3.8) is 0 Å². The smallest absolute Gasteiger partial charge is 0.269 e. The zero-order chi connectivity index (χ0) is 17.8. The van der Waals surface area contributed by atoms with Crippen LogP contribution in [0.4, 0.5) is 11.5 Å². The Kier molecular flexibility index (Phi) is 4.73. The van der Waals surface area contributed by atoms with Crippen molar-refractivity contribution in [2.45, 2.75) is 0 Å². The van der Waals surface area contributed by atoms with Crippen molar-refractivity contribution in [2.24, 2.45) is 0 Å². The topological polar surface area (TPSA) is 102 Å². The number of aromatic nitrogens is 2. The number of non-ortho nitro benzene ring substituents is 1. The van der Waals surface area contributed by atoms with Gasteiger partial charge >= 0.3 is 0 Å². The highest BCUT2D eigenvalue weighted by molar-refractivity contribution is 5.94. The molecule has 0 spiro atoms. The molecule has 130 valence electrons. The number of nitro benzene ring substituents is 1. The van der Waals surface area contributed by atoms with Gasteiger partial charge in [-0.05, 0) is 18.2 Å². The second kappa shape index (κ2) is 7.12. The molecule has 0 unspecified atom stereocenters. The van der Waals surface area contributed by atoms with Crippen LogP contribution in [0.5, 0.6) is 5.88 Å². The number of carbonyl (C=O) groups excluding carboxylic acids is 1. The first-order valence-corrected chi connectivity index (χ1v) is 7.75. The lowest BCUT2D eigenvalue weighted by molar-refractivity contribution is -0.384. The van der Waals surface area contributed by atoms with Gasteiger partial charge in [0, 0.05) is 49.9 Å². The van der Waals surface area contributed by atoms with Crippen molar-refractivity contribution >= 4 is 17.4 Å². The van der Waals surface area contributed by atoms with Crippen LogP contribution in [0.2, 0.25) is 0 Å². The van der Waals surface area contributed by atoms with Gasteiger partial charge in [-0.1, -0.05) is 0 Å². The first kappa shape index (κ1) is 16.6. The molecule has 1 aliphatic rings. The first-order valence-electron chi connectivity index (χ1n) is 7.75. The number of benzene rings is 1. The largest absolute Gasteiger partial charge is 0.480 e. The molecule has 2 heterocycles. The maximum absolute atomic E-state index is 12.5. The van der Waals surface area contributed by atoms with Crippen LogP contribution in [0.15, 0.2) is 36.4 Å². The summed E-state index contributed by atoms with van der Waals surface area (Å²) in [5.41, 5.74) is 0.419. The van der Waals surface area contributed by atoms with Crippen molar-refractivity contribution in [3.05, 3.63) is 52.1 Å². The lowest BCUT2D eigenvalue weighted by Crippen LogP contribution is -2.49. The predicted octanol–water partition coefficient (Wildman–Crippen LogP) is 1.36. The molecule has 25 heavy (non-hydrogen) atoms. The van der Waals surface area contributed by atoms with Gasteiger partial charge in [-0.2, -0.15) is 0 Å². The summed E-state index contributed by atoms with van der Waals surface area (Å²) in [5.74, 6) is 1.06. The van der Waals surface area contributed by atoms with Crippen molar-refractivity contribution < 1.29 is 14.5 Å². The fourth-order valence-corrected chi connectivity index (χ4v) is 2.64. The Morgan fingerprint density at radius 2 is 1.76 bits per heavy atom. The number of rotatable bonds is 4. The molecule has 1 saturated heterocycles. The second-order valence-electron chi connectivity index (χ2n) is 5.52. The summed E-state index contributed by atoms with van der Waals surface area (Å²) in [5, 5.41) is 18.7. The van der Waals surface area contributed by atoms with E-state index in [2.05, 4.69) is 10.2 Å². The van der Waals surface area contributed by atoms with Crippen LogP contribution in [0.3, 0.4) is 0 Å². The maximum Gasteiger partial charge on any atom is 0.269 e. The molecule has 0 bridgehead atoms. The van der Waals surface area contributed by atoms with Crippen molar-refractivity contribution in [3.8, 4) is 5.88 Å². The molecule has 1 aliphatic heterocycles. The maximum atomic E-state index is 12.5. The summed E-state index contributed by atoms with van der Waals surface area (Å²) in [6.07, 6.45) is 0. The summed E-state index contributed by atoms with van der Waals surface area (Å²) < 4.78 is 4.99. The van der Waals surface area contributed by atoms with Crippen LogP contribution in [-0.4, -0.2) is 59.2 Å². The molecule has 9 heteroatoms. The van der Waals surface area contributed by atoms with Gasteiger partial charge in [-0.3, -0.25) is 14.9 Å². The summed E-state index contributed by atoms with van der Waals surface area (Å²) in [6, 6.07) is 9.24. The second-order valence-corrected chi connectivity index (χ2v) is 5.52. The Balaban J connectivity index is 1.61. The number of amides is 1. The van der Waals surface area contributed by atoms with E-state index in [1.807, 2.05) is 11.0 Å². The van der Waals surface area contributed by atoms with E-state index in [0.717, 1.165) is 5.82 Å². The highest BCUT2D eigenvalue weighted by Gasteiger charge is 2.23. The van der Waals surface area contributed by atoms with E-state index in [0.29, 0.717) is 37.6 Å². The summed E-state index contributed by atoms with van der Waals surface area (Å²) in [4.78, 5) is 26.5. The summed E-state index contributed by atoms with van der Waals surface area (Å²) in [7, 11) is 1.53. The lowest BCUT2D eigenvalue weighted by atomic mass is 10.1. The molecule has 1 fully saturated rings. The molecule has 0 radical (unpaired) electrons. The van der Waals surface area contributed by atoms with E-state index in [1.165, 1.54) is 31.4 Å². The monoisotopic (exact) mass is 343 g/mol. The van der Waals surface area contributed by atoms with Gasteiger partial charge in [0.2, 0.25) is 5.88 Å². The van der Waals surface area contributed by atoms with Gasteiger partial charge in [0.25, 0.3) is 11.6 Å². The van der Waals surface area contributed by atoms with E-state index in [4.69, 9.17) is 4.74 Å². The van der Waals surface area contributed by atoms with Crippen LogP contribution >= 0.6 is 0 Å². The molecule has 0 N–H and O–H groups in total. The Labute approximate surface area is 144 Å². The van der Waals surface area contributed by atoms with E-state index >= 15 is 0 Å². The van der Waals surface area contributed by atoms with Gasteiger partial charge in [-0.25, -0.2) is 0 Å². The Bertz CT molecular complexity index is 755. The first-order chi connectivity index (χ1) is 12.1. The van der Waals surface area contributed by atoms with Crippen molar-refractivity contribution in [1.29, 1.82) is 0 Å². The summed E-state index contributed by atoms with van der Waals surface area (Å²) >= 11 is 0. The standard InChI is InChI=1S/C16H17N5O4/c1-25-15-7-6-14(17-18-15)19-8-10-20(11-9-19)16(22)12-2-4-13(5-3-12)21(23)24/h2-7H,8-11H2,1H3. The van der Waals surface area contributed by atoms with Crippen LogP contribution in [0.1, 0.15) is 10.4 Å².